The van der Waals surface area contributed by atoms with E-state index in [1.54, 1.807) is 7.05 Å². The third-order valence-corrected chi connectivity index (χ3v) is 6.41. The van der Waals surface area contributed by atoms with Gasteiger partial charge in [0.25, 0.3) is 0 Å². The van der Waals surface area contributed by atoms with Crippen LogP contribution in [0, 0.1) is 5.41 Å². The SMILES string of the molecule is CCC(C)NC(=O)C1(C(=O)N(C)C2CCS(=O)(=O)C2)CC1. The Kier molecular flexibility index (Phi) is 4.33. The molecule has 1 N–H and O–H groups in total. The summed E-state index contributed by atoms with van der Waals surface area (Å²) in [5, 5.41) is 2.87. The molecule has 2 aliphatic rings. The number of rotatable bonds is 5. The Balaban J connectivity index is 2.04. The molecule has 2 amide bonds. The maximum atomic E-state index is 12.6. The third-order valence-electron chi connectivity index (χ3n) is 4.66. The van der Waals surface area contributed by atoms with Gasteiger partial charge in [0.1, 0.15) is 5.41 Å². The van der Waals surface area contributed by atoms with Gasteiger partial charge in [0, 0.05) is 19.1 Å². The molecule has 1 saturated heterocycles. The Morgan fingerprint density at radius 1 is 1.38 bits per heavy atom. The Labute approximate surface area is 126 Å². The van der Waals surface area contributed by atoms with Crippen LogP contribution in [-0.2, 0) is 19.4 Å². The van der Waals surface area contributed by atoms with Crippen LogP contribution in [-0.4, -0.2) is 55.8 Å². The van der Waals surface area contributed by atoms with Crippen molar-refractivity contribution in [1.82, 2.24) is 10.2 Å². The topological polar surface area (TPSA) is 83.6 Å². The zero-order valence-corrected chi connectivity index (χ0v) is 13.7. The van der Waals surface area contributed by atoms with Crippen LogP contribution >= 0.6 is 0 Å². The van der Waals surface area contributed by atoms with Gasteiger partial charge in [-0.1, -0.05) is 6.92 Å². The van der Waals surface area contributed by atoms with Gasteiger partial charge in [-0.2, -0.15) is 0 Å². The predicted octanol–water partition coefficient (Wildman–Crippen LogP) is 0.327. The molecule has 2 unspecified atom stereocenters. The van der Waals surface area contributed by atoms with Gasteiger partial charge in [-0.3, -0.25) is 9.59 Å². The average molecular weight is 316 g/mol. The molecule has 0 aromatic carbocycles. The van der Waals surface area contributed by atoms with Crippen LogP contribution in [0.5, 0.6) is 0 Å². The van der Waals surface area contributed by atoms with Gasteiger partial charge in [-0.15, -0.1) is 0 Å². The van der Waals surface area contributed by atoms with Crippen molar-refractivity contribution in [2.75, 3.05) is 18.6 Å². The van der Waals surface area contributed by atoms with Crippen LogP contribution in [0.1, 0.15) is 39.5 Å². The summed E-state index contributed by atoms with van der Waals surface area (Å²) in [4.78, 5) is 26.4. The standard InChI is InChI=1S/C14H24N2O4S/c1-4-10(2)15-12(17)14(6-7-14)13(18)16(3)11-5-8-21(19,20)9-11/h10-11H,4-9H2,1-3H3,(H,15,17). The molecule has 0 aromatic rings. The van der Waals surface area contributed by atoms with Crippen LogP contribution < -0.4 is 5.32 Å². The van der Waals surface area contributed by atoms with E-state index in [4.69, 9.17) is 0 Å². The highest BCUT2D eigenvalue weighted by atomic mass is 32.2. The van der Waals surface area contributed by atoms with Crippen LogP contribution in [0.3, 0.4) is 0 Å². The number of nitrogens with one attached hydrogen (secondary N) is 1. The first-order chi connectivity index (χ1) is 9.72. The van der Waals surface area contributed by atoms with Crippen molar-refractivity contribution >= 4 is 21.7 Å². The van der Waals surface area contributed by atoms with Crippen LogP contribution in [0.15, 0.2) is 0 Å². The average Bonchev–Trinajstić information content (AvgIpc) is 3.16. The molecule has 0 radical (unpaired) electrons. The van der Waals surface area contributed by atoms with Crippen LogP contribution in [0.4, 0.5) is 0 Å². The fraction of sp³-hybridized carbons (Fsp3) is 0.857. The zero-order chi connectivity index (χ0) is 15.8. The van der Waals surface area contributed by atoms with Gasteiger partial charge in [0.2, 0.25) is 11.8 Å². The smallest absolute Gasteiger partial charge is 0.238 e. The Hall–Kier alpha value is -1.11. The van der Waals surface area contributed by atoms with E-state index in [0.29, 0.717) is 19.3 Å². The van der Waals surface area contributed by atoms with Crippen molar-refractivity contribution in [2.24, 2.45) is 5.41 Å². The maximum Gasteiger partial charge on any atom is 0.238 e. The molecule has 1 heterocycles. The minimum Gasteiger partial charge on any atom is -0.353 e. The number of carbonyl (C=O) groups excluding carboxylic acids is 2. The molecule has 6 nitrogen and oxygen atoms in total. The monoisotopic (exact) mass is 316 g/mol. The molecule has 120 valence electrons. The van der Waals surface area contributed by atoms with Gasteiger partial charge < -0.3 is 10.2 Å². The summed E-state index contributed by atoms with van der Waals surface area (Å²) < 4.78 is 23.1. The van der Waals surface area contributed by atoms with E-state index in [9.17, 15) is 18.0 Å². The van der Waals surface area contributed by atoms with E-state index in [1.807, 2.05) is 13.8 Å². The lowest BCUT2D eigenvalue weighted by Gasteiger charge is -2.28. The molecule has 0 bridgehead atoms. The largest absolute Gasteiger partial charge is 0.353 e. The van der Waals surface area contributed by atoms with Crippen molar-refractivity contribution in [2.45, 2.75) is 51.6 Å². The van der Waals surface area contributed by atoms with E-state index < -0.39 is 15.3 Å². The van der Waals surface area contributed by atoms with E-state index in [2.05, 4.69) is 5.32 Å². The van der Waals surface area contributed by atoms with Gasteiger partial charge >= 0.3 is 0 Å². The molecule has 2 atom stereocenters. The van der Waals surface area contributed by atoms with Gasteiger partial charge in [0.15, 0.2) is 9.84 Å². The van der Waals surface area contributed by atoms with Crippen molar-refractivity contribution in [1.29, 1.82) is 0 Å². The van der Waals surface area contributed by atoms with Crippen molar-refractivity contribution in [3.05, 3.63) is 0 Å². The molecule has 7 heteroatoms. The van der Waals surface area contributed by atoms with Crippen molar-refractivity contribution in [3.8, 4) is 0 Å². The number of amides is 2. The molecule has 2 rings (SSSR count). The Morgan fingerprint density at radius 2 is 2.00 bits per heavy atom. The second kappa shape index (κ2) is 5.59. The van der Waals surface area contributed by atoms with E-state index in [-0.39, 0.29) is 35.4 Å². The lowest BCUT2D eigenvalue weighted by Crippen LogP contribution is -2.49. The summed E-state index contributed by atoms with van der Waals surface area (Å²) in [5.41, 5.74) is -0.954. The number of carbonyl (C=O) groups is 2. The summed E-state index contributed by atoms with van der Waals surface area (Å²) >= 11 is 0. The molecule has 0 aromatic heterocycles. The number of hydrogen-bond donors (Lipinski definition) is 1. The quantitative estimate of drug-likeness (QED) is 0.741. The van der Waals surface area contributed by atoms with Crippen LogP contribution in [0.25, 0.3) is 0 Å². The summed E-state index contributed by atoms with van der Waals surface area (Å²) in [5.74, 6) is -0.306. The van der Waals surface area contributed by atoms with Gasteiger partial charge in [-0.05, 0) is 32.6 Å². The lowest BCUT2D eigenvalue weighted by atomic mass is 10.0. The van der Waals surface area contributed by atoms with E-state index >= 15 is 0 Å². The molecule has 1 aliphatic heterocycles. The van der Waals surface area contributed by atoms with Crippen molar-refractivity contribution < 1.29 is 18.0 Å². The van der Waals surface area contributed by atoms with Crippen molar-refractivity contribution in [3.63, 3.8) is 0 Å². The Morgan fingerprint density at radius 3 is 2.43 bits per heavy atom. The fourth-order valence-corrected chi connectivity index (χ4v) is 4.49. The summed E-state index contributed by atoms with van der Waals surface area (Å²) in [6, 6.07) is -0.253. The summed E-state index contributed by atoms with van der Waals surface area (Å²) in [6.07, 6.45) is 2.39. The predicted molar refractivity (Wildman–Crippen MR) is 79.4 cm³/mol. The first kappa shape index (κ1) is 16.3. The minimum absolute atomic E-state index is 0.0122. The fourth-order valence-electron chi connectivity index (χ4n) is 2.71. The maximum absolute atomic E-state index is 12.6. The molecular formula is C14H24N2O4S. The zero-order valence-electron chi connectivity index (χ0n) is 12.9. The highest BCUT2D eigenvalue weighted by Crippen LogP contribution is 2.48. The summed E-state index contributed by atoms with van der Waals surface area (Å²) in [6.45, 7) is 3.88. The van der Waals surface area contributed by atoms with Gasteiger partial charge in [-0.25, -0.2) is 8.42 Å². The number of hydrogen-bond acceptors (Lipinski definition) is 4. The molecule has 2 fully saturated rings. The normalized spacial score (nSPS) is 26.9. The second-order valence-electron chi connectivity index (χ2n) is 6.34. The number of nitrogens with zero attached hydrogens (tertiary/aromatic N) is 1. The third kappa shape index (κ3) is 3.22. The first-order valence-corrected chi connectivity index (χ1v) is 9.32. The van der Waals surface area contributed by atoms with Crippen LogP contribution in [0.2, 0.25) is 0 Å². The first-order valence-electron chi connectivity index (χ1n) is 7.50. The second-order valence-corrected chi connectivity index (χ2v) is 8.57. The summed E-state index contributed by atoms with van der Waals surface area (Å²) in [7, 11) is -1.42. The molecule has 1 aliphatic carbocycles. The molecule has 0 spiro atoms. The highest BCUT2D eigenvalue weighted by Gasteiger charge is 2.58. The molecule has 21 heavy (non-hydrogen) atoms. The minimum atomic E-state index is -3.04. The molecule has 1 saturated carbocycles. The van der Waals surface area contributed by atoms with E-state index in [0.717, 1.165) is 6.42 Å². The number of sulfone groups is 1. The van der Waals surface area contributed by atoms with E-state index in [1.165, 1.54) is 4.90 Å². The Bertz CT molecular complexity index is 539. The lowest BCUT2D eigenvalue weighted by molar-refractivity contribution is -0.144. The molecular weight excluding hydrogens is 292 g/mol. The highest BCUT2D eigenvalue weighted by molar-refractivity contribution is 7.91. The van der Waals surface area contributed by atoms with Gasteiger partial charge in [0.05, 0.1) is 11.5 Å².